The number of nitrogens with zero attached hydrogens (tertiary/aromatic N) is 1. The molecule has 0 saturated carbocycles. The summed E-state index contributed by atoms with van der Waals surface area (Å²) >= 11 is 0. The van der Waals surface area contributed by atoms with Crippen LogP contribution in [-0.2, 0) is 0 Å². The molecular formula is C11H20N2O. The average Bonchev–Trinajstić information content (AvgIpc) is 2.57. The molecule has 0 aromatic carbocycles. The van der Waals surface area contributed by atoms with Gasteiger partial charge in [0.25, 0.3) is 0 Å². The van der Waals surface area contributed by atoms with Crippen molar-refractivity contribution in [1.29, 1.82) is 0 Å². The van der Waals surface area contributed by atoms with Gasteiger partial charge in [0.05, 0.1) is 12.3 Å². The minimum atomic E-state index is 0.0812. The van der Waals surface area contributed by atoms with Gasteiger partial charge in [-0.2, -0.15) is 0 Å². The quantitative estimate of drug-likeness (QED) is 0.783. The highest BCUT2D eigenvalue weighted by atomic mass is 16.3. The van der Waals surface area contributed by atoms with Gasteiger partial charge < -0.3 is 10.2 Å². The van der Waals surface area contributed by atoms with Crippen LogP contribution in [0, 0.1) is 0 Å². The van der Waals surface area contributed by atoms with Crippen LogP contribution in [0.5, 0.6) is 0 Å². The zero-order valence-corrected chi connectivity index (χ0v) is 9.23. The van der Waals surface area contributed by atoms with E-state index in [0.717, 1.165) is 18.7 Å². The van der Waals surface area contributed by atoms with E-state index in [1.807, 2.05) is 19.1 Å². The summed E-state index contributed by atoms with van der Waals surface area (Å²) in [6, 6.07) is 4.16. The second-order valence-electron chi connectivity index (χ2n) is 3.80. The number of furan rings is 1. The van der Waals surface area contributed by atoms with E-state index in [4.69, 9.17) is 10.2 Å². The number of hydrogen-bond acceptors (Lipinski definition) is 3. The molecule has 0 aliphatic heterocycles. The first-order chi connectivity index (χ1) is 6.66. The minimum Gasteiger partial charge on any atom is -0.468 e. The van der Waals surface area contributed by atoms with E-state index in [1.165, 1.54) is 0 Å². The van der Waals surface area contributed by atoms with Crippen LogP contribution in [0.25, 0.3) is 0 Å². The summed E-state index contributed by atoms with van der Waals surface area (Å²) < 4.78 is 5.40. The summed E-state index contributed by atoms with van der Waals surface area (Å²) in [6.45, 7) is 5.21. The molecule has 3 heteroatoms. The molecule has 0 aliphatic rings. The lowest BCUT2D eigenvalue weighted by Gasteiger charge is -2.28. The van der Waals surface area contributed by atoms with Crippen molar-refractivity contribution in [3.63, 3.8) is 0 Å². The third kappa shape index (κ3) is 2.59. The topological polar surface area (TPSA) is 42.4 Å². The molecule has 3 nitrogen and oxygen atoms in total. The van der Waals surface area contributed by atoms with Crippen molar-refractivity contribution in [2.45, 2.75) is 32.4 Å². The molecule has 1 heterocycles. The number of nitrogens with two attached hydrogens (primary N) is 1. The second-order valence-corrected chi connectivity index (χ2v) is 3.80. The van der Waals surface area contributed by atoms with Gasteiger partial charge in [0.2, 0.25) is 0 Å². The van der Waals surface area contributed by atoms with Gasteiger partial charge in [0.15, 0.2) is 0 Å². The van der Waals surface area contributed by atoms with Gasteiger partial charge in [-0.05, 0) is 39.1 Å². The van der Waals surface area contributed by atoms with Crippen molar-refractivity contribution in [3.05, 3.63) is 24.2 Å². The van der Waals surface area contributed by atoms with Gasteiger partial charge >= 0.3 is 0 Å². The second kappa shape index (κ2) is 5.17. The van der Waals surface area contributed by atoms with Gasteiger partial charge in [0.1, 0.15) is 5.76 Å². The van der Waals surface area contributed by atoms with E-state index in [1.54, 1.807) is 6.26 Å². The summed E-state index contributed by atoms with van der Waals surface area (Å²) in [5.41, 5.74) is 5.96. The van der Waals surface area contributed by atoms with Crippen LogP contribution in [0.15, 0.2) is 22.8 Å². The molecule has 2 atom stereocenters. The molecule has 80 valence electrons. The predicted molar refractivity (Wildman–Crippen MR) is 58.0 cm³/mol. The standard InChI is InChI=1S/C11H20N2O/c1-4-7-13(3)11(9(2)12)10-6-5-8-14-10/h5-6,8-9,11H,4,7,12H2,1-3H3. The highest BCUT2D eigenvalue weighted by Crippen LogP contribution is 2.22. The lowest BCUT2D eigenvalue weighted by Crippen LogP contribution is -2.37. The van der Waals surface area contributed by atoms with E-state index in [-0.39, 0.29) is 12.1 Å². The smallest absolute Gasteiger partial charge is 0.122 e. The summed E-state index contributed by atoms with van der Waals surface area (Å²) in [5, 5.41) is 0. The monoisotopic (exact) mass is 196 g/mol. The molecule has 0 bridgehead atoms. The number of hydrogen-bond donors (Lipinski definition) is 1. The Kier molecular flexibility index (Phi) is 4.17. The Labute approximate surface area is 85.9 Å². The molecule has 1 aromatic rings. The fraction of sp³-hybridized carbons (Fsp3) is 0.636. The van der Waals surface area contributed by atoms with Gasteiger partial charge in [-0.25, -0.2) is 0 Å². The maximum absolute atomic E-state index is 5.96. The molecule has 0 saturated heterocycles. The Morgan fingerprint density at radius 1 is 1.57 bits per heavy atom. The molecule has 2 unspecified atom stereocenters. The van der Waals surface area contributed by atoms with Crippen LogP contribution in [-0.4, -0.2) is 24.5 Å². The van der Waals surface area contributed by atoms with Gasteiger partial charge in [-0.15, -0.1) is 0 Å². The highest BCUT2D eigenvalue weighted by Gasteiger charge is 2.22. The van der Waals surface area contributed by atoms with Crippen LogP contribution in [0.1, 0.15) is 32.1 Å². The van der Waals surface area contributed by atoms with E-state index >= 15 is 0 Å². The molecular weight excluding hydrogens is 176 g/mol. The van der Waals surface area contributed by atoms with Crippen LogP contribution in [0.3, 0.4) is 0 Å². The van der Waals surface area contributed by atoms with Crippen LogP contribution < -0.4 is 5.73 Å². The number of likely N-dealkylation sites (N-methyl/N-ethyl adjacent to an activating group) is 1. The Balaban J connectivity index is 2.74. The van der Waals surface area contributed by atoms with Crippen molar-refractivity contribution in [1.82, 2.24) is 4.90 Å². The van der Waals surface area contributed by atoms with Crippen LogP contribution in [0.4, 0.5) is 0 Å². The SMILES string of the molecule is CCCN(C)C(c1ccco1)C(C)N. The van der Waals surface area contributed by atoms with E-state index in [9.17, 15) is 0 Å². The predicted octanol–water partition coefficient (Wildman–Crippen LogP) is 2.01. The largest absolute Gasteiger partial charge is 0.468 e. The molecule has 2 N–H and O–H groups in total. The van der Waals surface area contributed by atoms with Crippen molar-refractivity contribution >= 4 is 0 Å². The Bertz CT molecular complexity index is 244. The molecule has 14 heavy (non-hydrogen) atoms. The van der Waals surface area contributed by atoms with Gasteiger partial charge in [-0.3, -0.25) is 4.90 Å². The van der Waals surface area contributed by atoms with Crippen molar-refractivity contribution in [2.75, 3.05) is 13.6 Å². The Hall–Kier alpha value is -0.800. The maximum Gasteiger partial charge on any atom is 0.122 e. The molecule has 1 aromatic heterocycles. The van der Waals surface area contributed by atoms with Crippen molar-refractivity contribution in [3.8, 4) is 0 Å². The first kappa shape index (κ1) is 11.3. The van der Waals surface area contributed by atoms with E-state index < -0.39 is 0 Å². The first-order valence-corrected chi connectivity index (χ1v) is 5.16. The average molecular weight is 196 g/mol. The lowest BCUT2D eigenvalue weighted by molar-refractivity contribution is 0.192. The van der Waals surface area contributed by atoms with Gasteiger partial charge in [-0.1, -0.05) is 6.92 Å². The normalized spacial score (nSPS) is 15.8. The fourth-order valence-corrected chi connectivity index (χ4v) is 1.83. The van der Waals surface area contributed by atoms with Crippen LogP contribution in [0.2, 0.25) is 0 Å². The van der Waals surface area contributed by atoms with Crippen molar-refractivity contribution < 1.29 is 4.42 Å². The molecule has 1 rings (SSSR count). The van der Waals surface area contributed by atoms with Crippen LogP contribution >= 0.6 is 0 Å². The third-order valence-corrected chi connectivity index (χ3v) is 2.38. The van der Waals surface area contributed by atoms with E-state index in [2.05, 4.69) is 18.9 Å². The minimum absolute atomic E-state index is 0.0812. The summed E-state index contributed by atoms with van der Waals surface area (Å²) in [4.78, 5) is 2.24. The maximum atomic E-state index is 5.96. The summed E-state index contributed by atoms with van der Waals surface area (Å²) in [5.74, 6) is 0.955. The molecule has 0 spiro atoms. The zero-order chi connectivity index (χ0) is 10.6. The summed E-state index contributed by atoms with van der Waals surface area (Å²) in [6.07, 6.45) is 2.82. The first-order valence-electron chi connectivity index (χ1n) is 5.16. The van der Waals surface area contributed by atoms with Gasteiger partial charge in [0, 0.05) is 6.04 Å². The molecule has 0 radical (unpaired) electrons. The lowest BCUT2D eigenvalue weighted by atomic mass is 10.1. The Morgan fingerprint density at radius 2 is 2.29 bits per heavy atom. The van der Waals surface area contributed by atoms with E-state index in [0.29, 0.717) is 0 Å². The highest BCUT2D eigenvalue weighted by molar-refractivity contribution is 5.06. The third-order valence-electron chi connectivity index (χ3n) is 2.38. The molecule has 0 aliphatic carbocycles. The zero-order valence-electron chi connectivity index (χ0n) is 9.23. The molecule has 0 amide bonds. The van der Waals surface area contributed by atoms with Crippen molar-refractivity contribution in [2.24, 2.45) is 5.73 Å². The Morgan fingerprint density at radius 3 is 2.71 bits per heavy atom. The number of rotatable bonds is 5. The fourth-order valence-electron chi connectivity index (χ4n) is 1.83. The molecule has 0 fully saturated rings. The summed E-state index contributed by atoms with van der Waals surface area (Å²) in [7, 11) is 2.08.